The van der Waals surface area contributed by atoms with Crippen LogP contribution < -0.4 is 42.8 Å². The zero-order valence-electron chi connectivity index (χ0n) is 5.66. The van der Waals surface area contributed by atoms with Crippen molar-refractivity contribution in [1.29, 1.82) is 0 Å². The summed E-state index contributed by atoms with van der Waals surface area (Å²) in [6.07, 6.45) is 0. The first-order valence-electron chi connectivity index (χ1n) is 1.55. The molecule has 0 aliphatic rings. The molecule has 0 heterocycles. The third kappa shape index (κ3) is 15.8. The third-order valence-electron chi connectivity index (χ3n) is 0.295. The van der Waals surface area contributed by atoms with Crippen LogP contribution in [-0.2, 0) is 14.9 Å². The molecule has 0 aromatic heterocycles. The molecule has 0 unspecified atom stereocenters. The number of carboxylic acid groups (broad SMARTS) is 1. The average molecular weight is 152 g/mol. The Balaban J connectivity index is -0.000000245. The summed E-state index contributed by atoms with van der Waals surface area (Å²) in [6, 6.07) is 0. The van der Waals surface area contributed by atoms with Gasteiger partial charge in [0.2, 0.25) is 0 Å². The van der Waals surface area contributed by atoms with Crippen LogP contribution in [0.15, 0.2) is 0 Å². The fourth-order valence-corrected chi connectivity index (χ4v) is 0.433. The summed E-state index contributed by atoms with van der Waals surface area (Å²) >= 11 is 0. The molecule has 0 N–H and O–H groups in total. The van der Waals surface area contributed by atoms with Crippen molar-refractivity contribution in [2.24, 2.45) is 0 Å². The van der Waals surface area contributed by atoms with Gasteiger partial charge in [0, 0.05) is 0 Å². The minimum atomic E-state index is -4.64. The summed E-state index contributed by atoms with van der Waals surface area (Å²) in [5.74, 6) is -3.33. The van der Waals surface area contributed by atoms with Gasteiger partial charge in [-0.2, -0.15) is 0 Å². The Labute approximate surface area is 82.3 Å². The van der Waals surface area contributed by atoms with Crippen molar-refractivity contribution < 1.29 is 60.6 Å². The van der Waals surface area contributed by atoms with Crippen molar-refractivity contribution in [3.63, 3.8) is 0 Å². The van der Waals surface area contributed by atoms with Crippen LogP contribution in [0.3, 0.4) is 0 Å². The first kappa shape index (κ1) is 16.9. The van der Waals surface area contributed by atoms with E-state index in [1.54, 1.807) is 0 Å². The summed E-state index contributed by atoms with van der Waals surface area (Å²) in [6.45, 7) is 0. The van der Waals surface area contributed by atoms with Crippen LogP contribution in [0.1, 0.15) is 0 Å². The fraction of sp³-hybridized carbons (Fsp3) is 0.500. The molecule has 0 aromatic carbocycles. The van der Waals surface area contributed by atoms with Crippen LogP contribution in [-0.4, -0.2) is 24.7 Å². The number of hydrogen-bond acceptors (Lipinski definition) is 5. The van der Waals surface area contributed by atoms with Gasteiger partial charge < -0.3 is 14.5 Å². The Hall–Kier alpha value is 0.575. The van der Waals surface area contributed by atoms with Gasteiger partial charge in [0.1, 0.15) is 10.1 Å². The SMILES string of the molecule is O=C([O-])CS(=O)(=O)[O-].[Li+].[Li+]. The summed E-state index contributed by atoms with van der Waals surface area (Å²) in [5.41, 5.74) is 0. The van der Waals surface area contributed by atoms with E-state index in [1.807, 2.05) is 0 Å². The number of rotatable bonds is 2. The van der Waals surface area contributed by atoms with Crippen molar-refractivity contribution in [2.75, 3.05) is 5.75 Å². The molecule has 0 saturated heterocycles. The van der Waals surface area contributed by atoms with E-state index >= 15 is 0 Å². The van der Waals surface area contributed by atoms with Crippen LogP contribution in [0.25, 0.3) is 0 Å². The van der Waals surface area contributed by atoms with Gasteiger partial charge in [-0.1, -0.05) is 0 Å². The van der Waals surface area contributed by atoms with Gasteiger partial charge in [0.05, 0.1) is 11.7 Å². The Morgan fingerprint density at radius 3 is 1.60 bits per heavy atom. The van der Waals surface area contributed by atoms with Gasteiger partial charge in [-0.15, -0.1) is 0 Å². The summed E-state index contributed by atoms with van der Waals surface area (Å²) < 4.78 is 28.4. The van der Waals surface area contributed by atoms with Crippen molar-refractivity contribution in [2.45, 2.75) is 0 Å². The first-order valence-corrected chi connectivity index (χ1v) is 3.13. The molecule has 0 bridgehead atoms. The fourth-order valence-electron chi connectivity index (χ4n) is 0.144. The molecule has 0 fully saturated rings. The number of aliphatic carboxylic acids is 1. The second-order valence-electron chi connectivity index (χ2n) is 1.07. The molecule has 0 aliphatic carbocycles. The van der Waals surface area contributed by atoms with Crippen LogP contribution >= 0.6 is 0 Å². The van der Waals surface area contributed by atoms with Crippen LogP contribution in [0.5, 0.6) is 0 Å². The van der Waals surface area contributed by atoms with Crippen LogP contribution in [0.2, 0.25) is 0 Å². The van der Waals surface area contributed by atoms with Crippen LogP contribution in [0.4, 0.5) is 0 Å². The first-order chi connectivity index (χ1) is 3.42. The molecule has 0 atom stereocenters. The number of carbonyl (C=O) groups is 1. The minimum absolute atomic E-state index is 0. The van der Waals surface area contributed by atoms with E-state index in [0.29, 0.717) is 0 Å². The Kier molecular flexibility index (Phi) is 10.6. The van der Waals surface area contributed by atoms with E-state index in [0.717, 1.165) is 0 Å². The molecule has 0 radical (unpaired) electrons. The third-order valence-corrected chi connectivity index (χ3v) is 0.884. The zero-order valence-corrected chi connectivity index (χ0v) is 6.47. The molecule has 8 heteroatoms. The normalized spacial score (nSPS) is 8.90. The van der Waals surface area contributed by atoms with E-state index in [-0.39, 0.29) is 37.7 Å². The number of carboxylic acids is 1. The van der Waals surface area contributed by atoms with Crippen molar-refractivity contribution in [3.8, 4) is 0 Å². The maximum Gasteiger partial charge on any atom is 1.00 e. The monoisotopic (exact) mass is 152 g/mol. The smallest absolute Gasteiger partial charge is 0.748 e. The standard InChI is InChI=1S/C2H4O5S.2Li/c3-2(4)1-8(5,6)7;;/h1H2,(H,3,4)(H,5,6,7);;/q;2*+1/p-2. The van der Waals surface area contributed by atoms with Gasteiger partial charge in [-0.25, -0.2) is 8.42 Å². The van der Waals surface area contributed by atoms with Gasteiger partial charge in [-0.3, -0.25) is 0 Å². The van der Waals surface area contributed by atoms with E-state index in [1.165, 1.54) is 0 Å². The number of hydrogen-bond donors (Lipinski definition) is 0. The van der Waals surface area contributed by atoms with Crippen molar-refractivity contribution in [1.82, 2.24) is 0 Å². The van der Waals surface area contributed by atoms with Gasteiger partial charge in [0.15, 0.2) is 0 Å². The van der Waals surface area contributed by atoms with Crippen LogP contribution in [0, 0.1) is 0 Å². The van der Waals surface area contributed by atoms with Crippen molar-refractivity contribution >= 4 is 16.1 Å². The molecular formula is C2H2Li2O5S. The zero-order chi connectivity index (χ0) is 6.78. The minimum Gasteiger partial charge on any atom is -0.748 e. The van der Waals surface area contributed by atoms with Gasteiger partial charge in [0.25, 0.3) is 0 Å². The van der Waals surface area contributed by atoms with E-state index in [2.05, 4.69) is 0 Å². The quantitative estimate of drug-likeness (QED) is 0.289. The van der Waals surface area contributed by atoms with E-state index in [9.17, 15) is 22.9 Å². The topological polar surface area (TPSA) is 97.3 Å². The molecular weight excluding hydrogens is 150 g/mol. The Bertz CT molecular complexity index is 184. The van der Waals surface area contributed by atoms with Gasteiger partial charge >= 0.3 is 37.7 Å². The predicted octanol–water partition coefficient (Wildman–Crippen LogP) is -8.71. The molecule has 0 rings (SSSR count). The van der Waals surface area contributed by atoms with E-state index < -0.39 is 21.8 Å². The summed E-state index contributed by atoms with van der Waals surface area (Å²) in [4.78, 5) is 9.32. The van der Waals surface area contributed by atoms with E-state index in [4.69, 9.17) is 0 Å². The maximum atomic E-state index is 9.47. The maximum absolute atomic E-state index is 9.47. The van der Waals surface area contributed by atoms with Gasteiger partial charge in [-0.05, 0) is 0 Å². The molecule has 5 nitrogen and oxygen atoms in total. The molecule has 48 valence electrons. The number of carbonyl (C=O) groups excluding carboxylic acids is 1. The average Bonchev–Trinajstić information content (AvgIpc) is 1.21. The van der Waals surface area contributed by atoms with Crippen molar-refractivity contribution in [3.05, 3.63) is 0 Å². The Morgan fingerprint density at radius 2 is 1.60 bits per heavy atom. The molecule has 0 amide bonds. The second-order valence-corrected chi connectivity index (χ2v) is 2.48. The molecule has 0 aromatic rings. The molecule has 0 aliphatic heterocycles. The summed E-state index contributed by atoms with van der Waals surface area (Å²) in [7, 11) is -4.64. The predicted molar refractivity (Wildman–Crippen MR) is 19.6 cm³/mol. The Morgan fingerprint density at radius 1 is 1.30 bits per heavy atom. The second kappa shape index (κ2) is 6.30. The largest absolute Gasteiger partial charge is 1.00 e. The molecule has 0 spiro atoms. The molecule has 0 saturated carbocycles. The summed E-state index contributed by atoms with van der Waals surface area (Å²) in [5, 5.41) is 9.32. The molecule has 10 heavy (non-hydrogen) atoms.